The first-order valence-corrected chi connectivity index (χ1v) is 13.6. The molecule has 2 amide bonds. The number of hydrogen-bond acceptors (Lipinski definition) is 4. The molecule has 8 heteroatoms. The van der Waals surface area contributed by atoms with Gasteiger partial charge in [0.15, 0.2) is 0 Å². The third kappa shape index (κ3) is 5.34. The monoisotopic (exact) mass is 549 g/mol. The van der Waals surface area contributed by atoms with Crippen molar-refractivity contribution in [3.8, 4) is 0 Å². The van der Waals surface area contributed by atoms with Gasteiger partial charge in [0.25, 0.3) is 11.8 Å². The highest BCUT2D eigenvalue weighted by Crippen LogP contribution is 2.34. The van der Waals surface area contributed by atoms with Gasteiger partial charge in [0.1, 0.15) is 0 Å². The van der Waals surface area contributed by atoms with Crippen LogP contribution in [-0.2, 0) is 0 Å². The van der Waals surface area contributed by atoms with Crippen molar-refractivity contribution >= 4 is 40.1 Å². The van der Waals surface area contributed by atoms with Gasteiger partial charge in [-0.25, -0.2) is 4.98 Å². The molecule has 7 nitrogen and oxygen atoms in total. The van der Waals surface area contributed by atoms with Gasteiger partial charge < -0.3 is 15.2 Å². The summed E-state index contributed by atoms with van der Waals surface area (Å²) >= 11 is 6.63. The highest BCUT2D eigenvalue weighted by Gasteiger charge is 2.29. The quantitative estimate of drug-likeness (QED) is 0.271. The molecule has 0 spiro atoms. The van der Waals surface area contributed by atoms with Crippen LogP contribution in [0.5, 0.6) is 0 Å². The number of hydrogen-bond donors (Lipinski definition) is 2. The second-order valence-electron chi connectivity index (χ2n) is 9.83. The molecular formula is C32H28ClN5O2. The van der Waals surface area contributed by atoms with E-state index in [1.165, 1.54) is 5.56 Å². The number of piperazine rings is 1. The summed E-state index contributed by atoms with van der Waals surface area (Å²) in [7, 11) is 0. The fraction of sp³-hybridized carbons (Fsp3) is 0.156. The topological polar surface area (TPSA) is 81.3 Å². The summed E-state index contributed by atoms with van der Waals surface area (Å²) in [6.07, 6.45) is 1.60. The molecule has 5 aromatic rings. The molecule has 6 rings (SSSR count). The van der Waals surface area contributed by atoms with Gasteiger partial charge in [0, 0.05) is 48.0 Å². The van der Waals surface area contributed by atoms with Crippen LogP contribution in [0.1, 0.15) is 37.9 Å². The highest BCUT2D eigenvalue weighted by molar-refractivity contribution is 6.31. The Kier molecular flexibility index (Phi) is 7.31. The zero-order chi connectivity index (χ0) is 27.5. The van der Waals surface area contributed by atoms with Crippen LogP contribution in [0.15, 0.2) is 103 Å². The fourth-order valence-electron chi connectivity index (χ4n) is 5.30. The maximum absolute atomic E-state index is 13.5. The number of carbonyl (C=O) groups excluding carboxylic acids is 2. The largest absolute Gasteiger partial charge is 0.345 e. The van der Waals surface area contributed by atoms with Gasteiger partial charge in [0.05, 0.1) is 23.4 Å². The first-order chi connectivity index (χ1) is 19.6. The molecule has 1 fully saturated rings. The van der Waals surface area contributed by atoms with Crippen LogP contribution >= 0.6 is 11.6 Å². The van der Waals surface area contributed by atoms with Crippen molar-refractivity contribution in [3.05, 3.63) is 131 Å². The van der Waals surface area contributed by atoms with Crippen molar-refractivity contribution in [1.82, 2.24) is 19.8 Å². The van der Waals surface area contributed by atoms with Crippen LogP contribution in [0, 0.1) is 0 Å². The van der Waals surface area contributed by atoms with Gasteiger partial charge >= 0.3 is 0 Å². The molecule has 40 heavy (non-hydrogen) atoms. The van der Waals surface area contributed by atoms with Crippen LogP contribution in [-0.4, -0.2) is 57.8 Å². The fourth-order valence-corrected chi connectivity index (χ4v) is 5.53. The zero-order valence-corrected chi connectivity index (χ0v) is 22.5. The normalized spacial score (nSPS) is 14.7. The third-order valence-electron chi connectivity index (χ3n) is 7.33. The van der Waals surface area contributed by atoms with Crippen LogP contribution < -0.4 is 5.32 Å². The van der Waals surface area contributed by atoms with Crippen molar-refractivity contribution in [1.29, 1.82) is 0 Å². The Bertz CT molecular complexity index is 1660. The number of anilines is 1. The smallest absolute Gasteiger partial charge is 0.255 e. The van der Waals surface area contributed by atoms with Crippen molar-refractivity contribution in [2.45, 2.75) is 6.04 Å². The van der Waals surface area contributed by atoms with E-state index in [1.807, 2.05) is 41.3 Å². The van der Waals surface area contributed by atoms with E-state index in [4.69, 9.17) is 11.6 Å². The second kappa shape index (κ2) is 11.3. The minimum Gasteiger partial charge on any atom is -0.345 e. The lowest BCUT2D eigenvalue weighted by Gasteiger charge is -2.40. The van der Waals surface area contributed by atoms with Crippen molar-refractivity contribution < 1.29 is 9.59 Å². The second-order valence-corrected chi connectivity index (χ2v) is 10.2. The maximum Gasteiger partial charge on any atom is 0.255 e. The summed E-state index contributed by atoms with van der Waals surface area (Å²) in [5.74, 6) is -0.301. The lowest BCUT2D eigenvalue weighted by molar-refractivity contribution is 0.0597. The number of nitrogens with one attached hydrogen (secondary N) is 2. The van der Waals surface area contributed by atoms with E-state index in [-0.39, 0.29) is 17.9 Å². The molecule has 1 aliphatic rings. The summed E-state index contributed by atoms with van der Waals surface area (Å²) < 4.78 is 0. The number of aromatic amines is 1. The Morgan fingerprint density at radius 1 is 0.825 bits per heavy atom. The minimum atomic E-state index is -0.249. The Morgan fingerprint density at radius 3 is 2.40 bits per heavy atom. The summed E-state index contributed by atoms with van der Waals surface area (Å²) in [6, 6.07) is 30.7. The Labute approximate surface area is 237 Å². The number of halogens is 1. The third-order valence-corrected chi connectivity index (χ3v) is 7.68. The first kappa shape index (κ1) is 25.8. The Morgan fingerprint density at radius 2 is 1.60 bits per heavy atom. The predicted octanol–water partition coefficient (Wildman–Crippen LogP) is 6.02. The predicted molar refractivity (Wildman–Crippen MR) is 158 cm³/mol. The molecule has 0 saturated carbocycles. The molecule has 1 aromatic heterocycles. The summed E-state index contributed by atoms with van der Waals surface area (Å²) in [4.78, 5) is 37.8. The molecule has 4 aromatic carbocycles. The van der Waals surface area contributed by atoms with E-state index in [2.05, 4.69) is 38.4 Å². The number of aromatic nitrogens is 2. The van der Waals surface area contributed by atoms with E-state index in [9.17, 15) is 9.59 Å². The standard InChI is InChI=1S/C32H28ClN5O2/c33-27-12-5-4-11-26(27)30(22-7-2-1-3-8-22)37-15-17-38(18-16-37)32(40)24-9-6-10-25(19-24)36-31(39)23-13-14-28-29(20-23)35-21-34-28/h1-14,19-21,30H,15-18H2,(H,34,35)(H,36,39). The Hall–Kier alpha value is -4.46. The highest BCUT2D eigenvalue weighted by atomic mass is 35.5. The van der Waals surface area contributed by atoms with E-state index in [0.29, 0.717) is 43.0 Å². The number of carbonyl (C=O) groups is 2. The van der Waals surface area contributed by atoms with Crippen LogP contribution in [0.4, 0.5) is 5.69 Å². The van der Waals surface area contributed by atoms with Crippen molar-refractivity contribution in [2.24, 2.45) is 0 Å². The summed E-state index contributed by atoms with van der Waals surface area (Å²) in [5.41, 5.74) is 5.45. The Balaban J connectivity index is 1.14. The molecule has 1 saturated heterocycles. The minimum absolute atomic E-state index is 0.00618. The molecule has 2 heterocycles. The van der Waals surface area contributed by atoms with Gasteiger partial charge in [-0.3, -0.25) is 14.5 Å². The van der Waals surface area contributed by atoms with Crippen molar-refractivity contribution in [2.75, 3.05) is 31.5 Å². The van der Waals surface area contributed by atoms with Gasteiger partial charge in [0.2, 0.25) is 0 Å². The zero-order valence-electron chi connectivity index (χ0n) is 21.8. The lowest BCUT2D eigenvalue weighted by Crippen LogP contribution is -2.49. The molecule has 0 aliphatic carbocycles. The molecule has 0 radical (unpaired) electrons. The van der Waals surface area contributed by atoms with Crippen LogP contribution in [0.2, 0.25) is 5.02 Å². The number of nitrogens with zero attached hydrogens (tertiary/aromatic N) is 3. The molecular weight excluding hydrogens is 522 g/mol. The summed E-state index contributed by atoms with van der Waals surface area (Å²) in [6.45, 7) is 2.60. The lowest BCUT2D eigenvalue weighted by atomic mass is 9.96. The van der Waals surface area contributed by atoms with Gasteiger partial charge in [-0.1, -0.05) is 66.2 Å². The van der Waals surface area contributed by atoms with Gasteiger partial charge in [-0.15, -0.1) is 0 Å². The molecule has 1 aliphatic heterocycles. The van der Waals surface area contributed by atoms with Crippen LogP contribution in [0.3, 0.4) is 0 Å². The van der Waals surface area contributed by atoms with E-state index in [1.54, 1.807) is 48.8 Å². The van der Waals surface area contributed by atoms with Gasteiger partial charge in [-0.2, -0.15) is 0 Å². The number of imidazole rings is 1. The van der Waals surface area contributed by atoms with E-state index in [0.717, 1.165) is 21.6 Å². The molecule has 200 valence electrons. The van der Waals surface area contributed by atoms with Crippen molar-refractivity contribution in [3.63, 3.8) is 0 Å². The number of rotatable bonds is 6. The first-order valence-electron chi connectivity index (χ1n) is 13.2. The SMILES string of the molecule is O=C(Nc1cccc(C(=O)N2CCN(C(c3ccccc3)c3ccccc3Cl)CC2)c1)c1ccc2nc[nH]c2c1. The number of H-pyrrole nitrogens is 1. The number of fused-ring (bicyclic) bond motifs is 1. The molecule has 2 N–H and O–H groups in total. The van der Waals surface area contributed by atoms with E-state index >= 15 is 0 Å². The number of benzene rings is 4. The number of amides is 2. The van der Waals surface area contributed by atoms with Gasteiger partial charge in [-0.05, 0) is 53.6 Å². The van der Waals surface area contributed by atoms with E-state index < -0.39 is 0 Å². The molecule has 1 unspecified atom stereocenters. The van der Waals surface area contributed by atoms with Crippen LogP contribution in [0.25, 0.3) is 11.0 Å². The average Bonchev–Trinajstić information content (AvgIpc) is 3.47. The molecule has 1 atom stereocenters. The average molecular weight is 550 g/mol. The molecule has 0 bridgehead atoms. The summed E-state index contributed by atoms with van der Waals surface area (Å²) in [5, 5.41) is 3.65. The maximum atomic E-state index is 13.5.